The number of hydrogen-bond acceptors (Lipinski definition) is 8. The second-order valence-electron chi connectivity index (χ2n) is 15.8. The number of carbonyl (C=O) groups is 2. The number of ether oxygens (including phenoxy) is 2. The largest absolute Gasteiger partial charge is 0.756 e. The summed E-state index contributed by atoms with van der Waals surface area (Å²) in [7, 11) is 1.15. The van der Waals surface area contributed by atoms with Crippen LogP contribution >= 0.6 is 7.82 Å². The highest BCUT2D eigenvalue weighted by Gasteiger charge is 2.21. The molecule has 0 saturated carbocycles. The molecule has 0 rings (SSSR count). The lowest BCUT2D eigenvalue weighted by Crippen LogP contribution is -2.37. The average molecular weight is 784 g/mol. The van der Waals surface area contributed by atoms with Crippen LogP contribution in [0, 0.1) is 0 Å². The van der Waals surface area contributed by atoms with Gasteiger partial charge in [-0.3, -0.25) is 14.2 Å². The monoisotopic (exact) mass is 784 g/mol. The molecule has 0 aromatic carbocycles. The van der Waals surface area contributed by atoms with Gasteiger partial charge in [0.05, 0.1) is 27.7 Å². The number of phosphoric ester groups is 1. The molecule has 9 nitrogen and oxygen atoms in total. The van der Waals surface area contributed by atoms with Crippen molar-refractivity contribution in [3.63, 3.8) is 0 Å². The Labute approximate surface area is 331 Å². The minimum Gasteiger partial charge on any atom is -0.756 e. The first-order chi connectivity index (χ1) is 26.0. The number of allylic oxidation sites excluding steroid dienone is 5. The van der Waals surface area contributed by atoms with E-state index >= 15 is 0 Å². The van der Waals surface area contributed by atoms with Gasteiger partial charge in [0.2, 0.25) is 0 Å². The Balaban J connectivity index is 4.37. The Bertz CT molecular complexity index is 1010. The number of rotatable bonds is 40. The lowest BCUT2D eigenvalue weighted by atomic mass is 10.0. The van der Waals surface area contributed by atoms with Crippen molar-refractivity contribution < 1.29 is 42.1 Å². The molecular weight excluding hydrogens is 701 g/mol. The van der Waals surface area contributed by atoms with Gasteiger partial charge in [0, 0.05) is 12.8 Å². The summed E-state index contributed by atoms with van der Waals surface area (Å²) in [6.45, 7) is 5.71. The van der Waals surface area contributed by atoms with E-state index in [1.807, 2.05) is 27.2 Å². The maximum Gasteiger partial charge on any atom is 0.306 e. The molecule has 0 spiro atoms. The molecule has 0 aromatic rings. The Morgan fingerprint density at radius 1 is 0.630 bits per heavy atom. The fraction of sp³-hybridized carbons (Fsp3) is 0.818. The number of nitrogens with zero attached hydrogens (tertiary/aromatic N) is 1. The van der Waals surface area contributed by atoms with Crippen molar-refractivity contribution in [2.24, 2.45) is 0 Å². The van der Waals surface area contributed by atoms with E-state index in [4.69, 9.17) is 18.5 Å². The van der Waals surface area contributed by atoms with Crippen LogP contribution in [0.4, 0.5) is 0 Å². The van der Waals surface area contributed by atoms with E-state index in [1.54, 1.807) is 0 Å². The summed E-state index contributed by atoms with van der Waals surface area (Å²) in [5.74, 6) is -0.853. The summed E-state index contributed by atoms with van der Waals surface area (Å²) >= 11 is 0. The van der Waals surface area contributed by atoms with Gasteiger partial charge in [0.15, 0.2) is 6.10 Å². The minimum absolute atomic E-state index is 0.0340. The fourth-order valence-electron chi connectivity index (χ4n) is 5.86. The van der Waals surface area contributed by atoms with Gasteiger partial charge in [-0.15, -0.1) is 6.58 Å². The number of carbonyl (C=O) groups excluding carboxylic acids is 2. The van der Waals surface area contributed by atoms with E-state index in [1.165, 1.54) is 83.5 Å². The number of likely N-dealkylation sites (N-methyl/N-ethyl adjacent to an activating group) is 1. The van der Waals surface area contributed by atoms with Gasteiger partial charge in [-0.05, 0) is 51.4 Å². The molecular formula is C44H82NO8P. The van der Waals surface area contributed by atoms with Crippen LogP contribution in [0.1, 0.15) is 180 Å². The molecule has 0 aliphatic carbocycles. The Hall–Kier alpha value is -1.77. The zero-order valence-electron chi connectivity index (χ0n) is 35.3. The summed E-state index contributed by atoms with van der Waals surface area (Å²) in [5, 5.41) is 0. The van der Waals surface area contributed by atoms with Crippen LogP contribution in [-0.2, 0) is 32.7 Å². The van der Waals surface area contributed by atoms with Crippen molar-refractivity contribution in [1.29, 1.82) is 0 Å². The number of unbranched alkanes of at least 4 members (excludes halogenated alkanes) is 22. The van der Waals surface area contributed by atoms with E-state index < -0.39 is 32.5 Å². The molecule has 0 aromatic heterocycles. The molecule has 54 heavy (non-hydrogen) atoms. The predicted octanol–water partition coefficient (Wildman–Crippen LogP) is 11.5. The van der Waals surface area contributed by atoms with Crippen molar-refractivity contribution in [1.82, 2.24) is 0 Å². The average Bonchev–Trinajstić information content (AvgIpc) is 3.12. The van der Waals surface area contributed by atoms with Gasteiger partial charge in [-0.2, -0.15) is 0 Å². The summed E-state index contributed by atoms with van der Waals surface area (Å²) in [5.41, 5.74) is 0. The Morgan fingerprint density at radius 3 is 1.56 bits per heavy atom. The molecule has 0 fully saturated rings. The molecule has 0 radical (unpaired) electrons. The molecule has 1 unspecified atom stereocenters. The van der Waals surface area contributed by atoms with Crippen LogP contribution in [0.5, 0.6) is 0 Å². The predicted molar refractivity (Wildman–Crippen MR) is 222 cm³/mol. The van der Waals surface area contributed by atoms with Crippen LogP contribution in [0.3, 0.4) is 0 Å². The Kier molecular flexibility index (Phi) is 35.6. The lowest BCUT2D eigenvalue weighted by molar-refractivity contribution is -0.870. The van der Waals surface area contributed by atoms with Crippen LogP contribution in [0.25, 0.3) is 0 Å². The molecule has 0 aliphatic heterocycles. The van der Waals surface area contributed by atoms with E-state index in [9.17, 15) is 19.0 Å². The van der Waals surface area contributed by atoms with Gasteiger partial charge in [-0.1, -0.05) is 146 Å². The molecule has 2 atom stereocenters. The van der Waals surface area contributed by atoms with Crippen molar-refractivity contribution in [2.75, 3.05) is 47.5 Å². The molecule has 0 heterocycles. The smallest absolute Gasteiger partial charge is 0.306 e. The molecule has 0 aliphatic rings. The van der Waals surface area contributed by atoms with E-state index in [2.05, 4.69) is 37.8 Å². The summed E-state index contributed by atoms with van der Waals surface area (Å²) in [6, 6.07) is 0. The van der Waals surface area contributed by atoms with Crippen molar-refractivity contribution in [3.8, 4) is 0 Å². The molecule has 0 amide bonds. The van der Waals surface area contributed by atoms with Crippen molar-refractivity contribution in [2.45, 2.75) is 186 Å². The van der Waals surface area contributed by atoms with Gasteiger partial charge < -0.3 is 27.9 Å². The number of esters is 2. The highest BCUT2D eigenvalue weighted by Crippen LogP contribution is 2.38. The van der Waals surface area contributed by atoms with Gasteiger partial charge in [-0.25, -0.2) is 0 Å². The first-order valence-corrected chi connectivity index (χ1v) is 23.1. The SMILES string of the molecule is C=CCCCCCCCCCCCCCCCC(=O)O[C@H](COC(=O)CCCCCCC/C=C/C=C/CCCCCC)COP(=O)([O-])OCC[N+](C)(C)C. The van der Waals surface area contributed by atoms with Crippen molar-refractivity contribution in [3.05, 3.63) is 37.0 Å². The van der Waals surface area contributed by atoms with Gasteiger partial charge in [0.1, 0.15) is 19.8 Å². The second-order valence-corrected chi connectivity index (χ2v) is 17.2. The van der Waals surface area contributed by atoms with E-state index in [0.29, 0.717) is 23.9 Å². The van der Waals surface area contributed by atoms with E-state index in [0.717, 1.165) is 64.2 Å². The molecule has 0 bridgehead atoms. The molecule has 316 valence electrons. The third-order valence-corrected chi connectivity index (χ3v) is 10.3. The summed E-state index contributed by atoms with van der Waals surface area (Å²) in [4.78, 5) is 37.5. The number of quaternary nitrogens is 1. The lowest BCUT2D eigenvalue weighted by Gasteiger charge is -2.28. The molecule has 0 saturated heterocycles. The van der Waals surface area contributed by atoms with Crippen LogP contribution < -0.4 is 4.89 Å². The highest BCUT2D eigenvalue weighted by atomic mass is 31.2. The normalized spacial score (nSPS) is 13.7. The number of phosphoric acid groups is 1. The highest BCUT2D eigenvalue weighted by molar-refractivity contribution is 7.45. The van der Waals surface area contributed by atoms with Gasteiger partial charge in [0.25, 0.3) is 7.82 Å². The standard InChI is InChI=1S/C44H82NO8P/c1-6-8-10-12-14-16-18-20-22-24-26-28-30-32-34-36-43(46)50-40-42(41-52-54(48,49)51-39-38-45(3,4)5)53-44(47)37-35-33-31-29-27-25-23-21-19-17-15-13-11-9-7-2/h7,16,18,20,22,42H,2,6,8-15,17,19,21,23-41H2,1,3-5H3/b18-16+,22-20+/t42-/m1/s1. The van der Waals surface area contributed by atoms with Gasteiger partial charge >= 0.3 is 11.9 Å². The zero-order valence-corrected chi connectivity index (χ0v) is 36.1. The van der Waals surface area contributed by atoms with Crippen LogP contribution in [0.15, 0.2) is 37.0 Å². The second kappa shape index (κ2) is 36.8. The zero-order chi connectivity index (χ0) is 40.0. The quantitative estimate of drug-likeness (QED) is 0.0151. The van der Waals surface area contributed by atoms with Crippen LogP contribution in [0.2, 0.25) is 0 Å². The first kappa shape index (κ1) is 52.2. The topological polar surface area (TPSA) is 111 Å². The fourth-order valence-corrected chi connectivity index (χ4v) is 6.59. The maximum absolute atomic E-state index is 12.7. The maximum atomic E-state index is 12.7. The minimum atomic E-state index is -4.63. The van der Waals surface area contributed by atoms with Crippen LogP contribution in [-0.4, -0.2) is 70.0 Å². The molecule has 10 heteroatoms. The van der Waals surface area contributed by atoms with Crippen molar-refractivity contribution >= 4 is 19.8 Å². The molecule has 0 N–H and O–H groups in total. The summed E-state index contributed by atoms with van der Waals surface area (Å²) < 4.78 is 33.9. The Morgan fingerprint density at radius 2 is 1.07 bits per heavy atom. The first-order valence-electron chi connectivity index (χ1n) is 21.7. The third kappa shape index (κ3) is 39.9. The summed E-state index contributed by atoms with van der Waals surface area (Å²) in [6.07, 6.45) is 39.1. The van der Waals surface area contributed by atoms with E-state index in [-0.39, 0.29) is 26.1 Å². The third-order valence-electron chi connectivity index (χ3n) is 9.31. The number of hydrogen-bond donors (Lipinski definition) is 0.